The van der Waals surface area contributed by atoms with Crippen molar-refractivity contribution in [2.75, 3.05) is 5.32 Å². The predicted molar refractivity (Wildman–Crippen MR) is 72.1 cm³/mol. The van der Waals surface area contributed by atoms with Gasteiger partial charge in [-0.1, -0.05) is 32.1 Å². The number of aliphatic hydroxyl groups is 1. The van der Waals surface area contributed by atoms with Gasteiger partial charge in [0.1, 0.15) is 0 Å². The molecule has 0 saturated heterocycles. The van der Waals surface area contributed by atoms with Gasteiger partial charge >= 0.3 is 6.18 Å². The van der Waals surface area contributed by atoms with Gasteiger partial charge in [-0.25, -0.2) is 0 Å². The number of amides is 1. The van der Waals surface area contributed by atoms with E-state index in [2.05, 4.69) is 15.5 Å². The molecule has 1 saturated carbocycles. The Labute approximate surface area is 125 Å². The summed E-state index contributed by atoms with van der Waals surface area (Å²) in [5, 5.41) is 18.8. The van der Waals surface area contributed by atoms with Gasteiger partial charge in [0.05, 0.1) is 12.0 Å². The molecule has 8 heteroatoms. The average Bonchev–Trinajstić information content (AvgIpc) is 2.82. The molecule has 1 aromatic rings. The van der Waals surface area contributed by atoms with Gasteiger partial charge in [-0.15, -0.1) is 0 Å². The summed E-state index contributed by atoms with van der Waals surface area (Å²) in [7, 11) is 0. The molecule has 2 aliphatic rings. The summed E-state index contributed by atoms with van der Waals surface area (Å²) in [4.78, 5) is 11.5. The van der Waals surface area contributed by atoms with Crippen LogP contribution in [0.1, 0.15) is 49.8 Å². The number of aromatic nitrogens is 2. The van der Waals surface area contributed by atoms with Crippen LogP contribution < -0.4 is 5.32 Å². The highest BCUT2D eigenvalue weighted by molar-refractivity contribution is 5.94. The standard InChI is InChI=1S/C14H18F3N3O2/c15-14(16,17)13(22)7-10(21)18-12-11(13)9(19-20-12)6-8-4-2-1-3-5-8/h8,22H,1-7H2,(H2,18,19,20,21). The smallest absolute Gasteiger partial charge is 0.376 e. The largest absolute Gasteiger partial charge is 0.422 e. The van der Waals surface area contributed by atoms with Gasteiger partial charge in [-0.2, -0.15) is 18.3 Å². The van der Waals surface area contributed by atoms with Crippen LogP contribution in [0, 0.1) is 5.92 Å². The molecular weight excluding hydrogens is 299 g/mol. The maximum Gasteiger partial charge on any atom is 0.422 e. The number of anilines is 1. The van der Waals surface area contributed by atoms with E-state index in [-0.39, 0.29) is 23.0 Å². The first kappa shape index (κ1) is 15.3. The molecule has 1 aromatic heterocycles. The minimum Gasteiger partial charge on any atom is -0.376 e. The Hall–Kier alpha value is -1.57. The van der Waals surface area contributed by atoms with E-state index in [4.69, 9.17) is 0 Å². The van der Waals surface area contributed by atoms with Crippen molar-refractivity contribution in [1.82, 2.24) is 10.2 Å². The molecule has 122 valence electrons. The van der Waals surface area contributed by atoms with Crippen LogP contribution in [-0.4, -0.2) is 27.4 Å². The van der Waals surface area contributed by atoms with E-state index in [1.54, 1.807) is 0 Å². The molecule has 2 heterocycles. The second kappa shape index (κ2) is 5.26. The maximum atomic E-state index is 13.3. The average molecular weight is 317 g/mol. The molecule has 1 fully saturated rings. The Morgan fingerprint density at radius 2 is 1.95 bits per heavy atom. The lowest BCUT2D eigenvalue weighted by atomic mass is 9.81. The third-order valence-corrected chi connectivity index (χ3v) is 4.62. The number of alkyl halides is 3. The fourth-order valence-electron chi connectivity index (χ4n) is 3.48. The maximum absolute atomic E-state index is 13.3. The molecular formula is C14H18F3N3O2. The van der Waals surface area contributed by atoms with Crippen LogP contribution in [-0.2, 0) is 16.8 Å². The van der Waals surface area contributed by atoms with Gasteiger partial charge in [-0.05, 0) is 12.3 Å². The summed E-state index contributed by atoms with van der Waals surface area (Å²) >= 11 is 0. The summed E-state index contributed by atoms with van der Waals surface area (Å²) in [6, 6.07) is 0. The van der Waals surface area contributed by atoms with Gasteiger partial charge in [0.15, 0.2) is 11.4 Å². The number of H-pyrrole nitrogens is 1. The lowest BCUT2D eigenvalue weighted by molar-refractivity contribution is -0.267. The molecule has 0 spiro atoms. The van der Waals surface area contributed by atoms with Crippen LogP contribution >= 0.6 is 0 Å². The molecule has 5 nitrogen and oxygen atoms in total. The van der Waals surface area contributed by atoms with Crippen molar-refractivity contribution in [3.63, 3.8) is 0 Å². The number of carbonyl (C=O) groups excluding carboxylic acids is 1. The highest BCUT2D eigenvalue weighted by Gasteiger charge is 2.60. The topological polar surface area (TPSA) is 78.0 Å². The zero-order chi connectivity index (χ0) is 16.0. The molecule has 3 N–H and O–H groups in total. The summed E-state index contributed by atoms with van der Waals surface area (Å²) in [6.07, 6.45) is -0.320. The molecule has 1 atom stereocenters. The zero-order valence-corrected chi connectivity index (χ0v) is 12.0. The van der Waals surface area contributed by atoms with E-state index in [1.165, 1.54) is 0 Å². The number of hydrogen-bond donors (Lipinski definition) is 3. The fraction of sp³-hybridized carbons (Fsp3) is 0.714. The predicted octanol–water partition coefficient (Wildman–Crippen LogP) is 2.62. The number of hydrogen-bond acceptors (Lipinski definition) is 3. The summed E-state index contributed by atoms with van der Waals surface area (Å²) in [6.45, 7) is 0. The van der Waals surface area contributed by atoms with Crippen LogP contribution in [0.25, 0.3) is 0 Å². The zero-order valence-electron chi connectivity index (χ0n) is 12.0. The second-order valence-electron chi connectivity index (χ2n) is 6.22. The number of nitrogens with one attached hydrogen (secondary N) is 2. The quantitative estimate of drug-likeness (QED) is 0.784. The Morgan fingerprint density at radius 3 is 2.59 bits per heavy atom. The van der Waals surface area contributed by atoms with Crippen molar-refractivity contribution in [3.05, 3.63) is 11.3 Å². The minimum atomic E-state index is -4.93. The van der Waals surface area contributed by atoms with Crippen molar-refractivity contribution in [2.45, 2.75) is 56.7 Å². The Bertz CT molecular complexity index is 578. The minimum absolute atomic E-state index is 0.207. The first-order valence-electron chi connectivity index (χ1n) is 7.48. The molecule has 1 aliphatic carbocycles. The van der Waals surface area contributed by atoms with Crippen LogP contribution in [0.3, 0.4) is 0 Å². The van der Waals surface area contributed by atoms with Gasteiger partial charge < -0.3 is 10.4 Å². The second-order valence-corrected chi connectivity index (χ2v) is 6.22. The SMILES string of the molecule is O=C1CC(O)(C(F)(F)F)c2c(n[nH]c2CC2CCCCC2)N1. The van der Waals surface area contributed by atoms with Crippen molar-refractivity contribution in [1.29, 1.82) is 0 Å². The third-order valence-electron chi connectivity index (χ3n) is 4.62. The van der Waals surface area contributed by atoms with Gasteiger partial charge in [0.25, 0.3) is 0 Å². The van der Waals surface area contributed by atoms with Crippen molar-refractivity contribution in [3.8, 4) is 0 Å². The number of aromatic amines is 1. The van der Waals surface area contributed by atoms with Crippen molar-refractivity contribution in [2.24, 2.45) is 5.92 Å². The van der Waals surface area contributed by atoms with Crippen LogP contribution in [0.2, 0.25) is 0 Å². The van der Waals surface area contributed by atoms with E-state index in [0.717, 1.165) is 32.1 Å². The van der Waals surface area contributed by atoms with Gasteiger partial charge in [0, 0.05) is 5.69 Å². The fourth-order valence-corrected chi connectivity index (χ4v) is 3.48. The Morgan fingerprint density at radius 1 is 1.27 bits per heavy atom. The third kappa shape index (κ3) is 2.49. The molecule has 1 aliphatic heterocycles. The number of rotatable bonds is 2. The molecule has 0 bridgehead atoms. The number of fused-ring (bicyclic) bond motifs is 1. The number of nitrogens with zero attached hydrogens (tertiary/aromatic N) is 1. The van der Waals surface area contributed by atoms with Gasteiger partial charge in [0.2, 0.25) is 5.91 Å². The van der Waals surface area contributed by atoms with E-state index >= 15 is 0 Å². The molecule has 1 unspecified atom stereocenters. The summed E-state index contributed by atoms with van der Waals surface area (Å²) < 4.78 is 40.0. The highest BCUT2D eigenvalue weighted by Crippen LogP contribution is 2.48. The Balaban J connectivity index is 1.96. The summed E-state index contributed by atoms with van der Waals surface area (Å²) in [5.41, 5.74) is -3.20. The number of carbonyl (C=O) groups is 1. The molecule has 3 rings (SSSR count). The normalized spacial score (nSPS) is 26.6. The van der Waals surface area contributed by atoms with E-state index in [1.807, 2.05) is 0 Å². The number of halogens is 3. The van der Waals surface area contributed by atoms with Crippen molar-refractivity contribution >= 4 is 11.7 Å². The highest BCUT2D eigenvalue weighted by atomic mass is 19.4. The lowest BCUT2D eigenvalue weighted by Crippen LogP contribution is -2.48. The first-order valence-corrected chi connectivity index (χ1v) is 7.48. The van der Waals surface area contributed by atoms with Crippen LogP contribution in [0.15, 0.2) is 0 Å². The monoisotopic (exact) mass is 317 g/mol. The van der Waals surface area contributed by atoms with E-state index in [0.29, 0.717) is 6.42 Å². The van der Waals surface area contributed by atoms with Crippen LogP contribution in [0.4, 0.5) is 19.0 Å². The Kier molecular flexibility index (Phi) is 3.66. The first-order chi connectivity index (χ1) is 10.3. The van der Waals surface area contributed by atoms with E-state index in [9.17, 15) is 23.1 Å². The van der Waals surface area contributed by atoms with Crippen molar-refractivity contribution < 1.29 is 23.1 Å². The molecule has 0 aromatic carbocycles. The molecule has 0 radical (unpaired) electrons. The lowest BCUT2D eigenvalue weighted by Gasteiger charge is -2.34. The van der Waals surface area contributed by atoms with Crippen LogP contribution in [0.5, 0.6) is 0 Å². The van der Waals surface area contributed by atoms with Gasteiger partial charge in [-0.3, -0.25) is 9.89 Å². The van der Waals surface area contributed by atoms with E-state index < -0.39 is 24.1 Å². The summed E-state index contributed by atoms with van der Waals surface area (Å²) in [5.74, 6) is -0.807. The molecule has 22 heavy (non-hydrogen) atoms. The molecule has 1 amide bonds.